The van der Waals surface area contributed by atoms with Crippen molar-refractivity contribution in [3.8, 4) is 0 Å². The van der Waals surface area contributed by atoms with E-state index in [1.807, 2.05) is 6.92 Å². The van der Waals surface area contributed by atoms with Crippen LogP contribution >= 0.6 is 11.6 Å². The Morgan fingerprint density at radius 1 is 1.40 bits per heavy atom. The number of anilines is 2. The van der Waals surface area contributed by atoms with E-state index in [0.717, 1.165) is 12.4 Å². The van der Waals surface area contributed by atoms with Crippen molar-refractivity contribution in [2.75, 3.05) is 23.8 Å². The molecule has 0 radical (unpaired) electrons. The van der Waals surface area contributed by atoms with Gasteiger partial charge in [-0.3, -0.25) is 0 Å². The van der Waals surface area contributed by atoms with Crippen molar-refractivity contribution in [1.82, 2.24) is 9.97 Å². The highest BCUT2D eigenvalue weighted by molar-refractivity contribution is 6.32. The van der Waals surface area contributed by atoms with Gasteiger partial charge in [-0.05, 0) is 38.0 Å². The van der Waals surface area contributed by atoms with E-state index in [2.05, 4.69) is 41.1 Å². The van der Waals surface area contributed by atoms with Crippen LogP contribution in [0.25, 0.3) is 0 Å². The molecule has 1 aliphatic carbocycles. The first-order chi connectivity index (χ1) is 9.43. The predicted molar refractivity (Wildman–Crippen MR) is 85.6 cm³/mol. The molecule has 1 saturated carbocycles. The van der Waals surface area contributed by atoms with Crippen molar-refractivity contribution in [1.29, 1.82) is 0 Å². The van der Waals surface area contributed by atoms with E-state index in [4.69, 9.17) is 11.6 Å². The van der Waals surface area contributed by atoms with Gasteiger partial charge in [-0.1, -0.05) is 25.4 Å². The van der Waals surface area contributed by atoms with Gasteiger partial charge < -0.3 is 10.2 Å². The van der Waals surface area contributed by atoms with Crippen LogP contribution in [0.2, 0.25) is 5.02 Å². The molecule has 0 bridgehead atoms. The van der Waals surface area contributed by atoms with Gasteiger partial charge in [0.15, 0.2) is 5.82 Å². The van der Waals surface area contributed by atoms with Crippen LogP contribution in [0.3, 0.4) is 0 Å². The zero-order chi connectivity index (χ0) is 14.8. The normalized spacial score (nSPS) is 18.9. The first-order valence-electron chi connectivity index (χ1n) is 7.42. The van der Waals surface area contributed by atoms with Crippen molar-refractivity contribution in [2.45, 2.75) is 52.5 Å². The highest BCUT2D eigenvalue weighted by Gasteiger charge is 2.30. The van der Waals surface area contributed by atoms with Crippen LogP contribution in [0.5, 0.6) is 0 Å². The summed E-state index contributed by atoms with van der Waals surface area (Å²) in [6, 6.07) is 0.518. The van der Waals surface area contributed by atoms with Crippen molar-refractivity contribution >= 4 is 23.4 Å². The molecule has 1 heterocycles. The molecule has 1 aromatic heterocycles. The summed E-state index contributed by atoms with van der Waals surface area (Å²) in [5, 5.41) is 3.76. The minimum absolute atomic E-state index is 0.474. The average molecular weight is 297 g/mol. The summed E-state index contributed by atoms with van der Waals surface area (Å²) in [6.45, 7) is 7.54. The molecule has 2 rings (SSSR count). The Morgan fingerprint density at radius 3 is 2.65 bits per heavy atom. The van der Waals surface area contributed by atoms with Gasteiger partial charge in [0.25, 0.3) is 0 Å². The third kappa shape index (κ3) is 3.54. The van der Waals surface area contributed by atoms with Crippen molar-refractivity contribution in [3.05, 3.63) is 11.2 Å². The lowest BCUT2D eigenvalue weighted by molar-refractivity contribution is 0.222. The van der Waals surface area contributed by atoms with E-state index in [0.29, 0.717) is 22.4 Å². The van der Waals surface area contributed by atoms with E-state index in [9.17, 15) is 0 Å². The van der Waals surface area contributed by atoms with Crippen LogP contribution in [0, 0.1) is 5.41 Å². The molecule has 0 amide bonds. The van der Waals surface area contributed by atoms with E-state index >= 15 is 0 Å². The number of nitrogens with one attached hydrogen (secondary N) is 1. The molecule has 112 valence electrons. The molecule has 20 heavy (non-hydrogen) atoms. The summed E-state index contributed by atoms with van der Waals surface area (Å²) in [7, 11) is 2.09. The monoisotopic (exact) mass is 296 g/mol. The van der Waals surface area contributed by atoms with E-state index in [-0.39, 0.29) is 0 Å². The third-order valence-electron chi connectivity index (χ3n) is 4.25. The molecule has 1 aromatic rings. The van der Waals surface area contributed by atoms with Crippen LogP contribution in [0.4, 0.5) is 11.8 Å². The molecule has 0 unspecified atom stereocenters. The molecule has 1 aliphatic rings. The molecule has 0 aromatic carbocycles. The molecule has 0 aliphatic heterocycles. The Balaban J connectivity index is 2.12. The minimum atomic E-state index is 0.474. The molecule has 1 fully saturated rings. The van der Waals surface area contributed by atoms with Crippen molar-refractivity contribution in [3.63, 3.8) is 0 Å². The Labute approximate surface area is 126 Å². The molecular weight excluding hydrogens is 272 g/mol. The summed E-state index contributed by atoms with van der Waals surface area (Å²) in [5.74, 6) is 1.48. The molecule has 4 nitrogen and oxygen atoms in total. The molecular formula is C15H25ClN4. The number of hydrogen-bond donors (Lipinski definition) is 1. The van der Waals surface area contributed by atoms with Gasteiger partial charge in [0, 0.05) is 19.6 Å². The van der Waals surface area contributed by atoms with Crippen LogP contribution < -0.4 is 10.2 Å². The van der Waals surface area contributed by atoms with Gasteiger partial charge >= 0.3 is 0 Å². The number of nitrogens with zero attached hydrogens (tertiary/aromatic N) is 3. The Kier molecular flexibility index (Phi) is 4.74. The van der Waals surface area contributed by atoms with E-state index < -0.39 is 0 Å². The number of hydrogen-bond acceptors (Lipinski definition) is 4. The third-order valence-corrected chi connectivity index (χ3v) is 4.52. The van der Waals surface area contributed by atoms with E-state index in [1.54, 1.807) is 6.20 Å². The lowest BCUT2D eigenvalue weighted by Crippen LogP contribution is -2.37. The average Bonchev–Trinajstić information content (AvgIpc) is 2.40. The van der Waals surface area contributed by atoms with Gasteiger partial charge in [0.2, 0.25) is 5.95 Å². The number of rotatable bonds is 4. The Hall–Kier alpha value is -1.03. The Morgan fingerprint density at radius 2 is 2.05 bits per heavy atom. The maximum absolute atomic E-state index is 6.27. The smallest absolute Gasteiger partial charge is 0.224 e. The Bertz CT molecular complexity index is 451. The number of aromatic nitrogens is 2. The second kappa shape index (κ2) is 6.17. The van der Waals surface area contributed by atoms with E-state index in [1.165, 1.54) is 25.7 Å². The predicted octanol–water partition coefficient (Wildman–Crippen LogP) is 3.97. The van der Waals surface area contributed by atoms with Crippen LogP contribution in [-0.2, 0) is 0 Å². The summed E-state index contributed by atoms with van der Waals surface area (Å²) in [4.78, 5) is 11.0. The van der Waals surface area contributed by atoms with Crippen molar-refractivity contribution in [2.24, 2.45) is 5.41 Å². The summed E-state index contributed by atoms with van der Waals surface area (Å²) < 4.78 is 0. The minimum Gasteiger partial charge on any atom is -0.355 e. The van der Waals surface area contributed by atoms with Gasteiger partial charge in [0.05, 0.1) is 6.20 Å². The van der Waals surface area contributed by atoms with Gasteiger partial charge in [-0.2, -0.15) is 4.98 Å². The second-order valence-corrected chi connectivity index (χ2v) is 6.81. The molecule has 0 spiro atoms. The maximum Gasteiger partial charge on any atom is 0.224 e. The van der Waals surface area contributed by atoms with Gasteiger partial charge in [-0.25, -0.2) is 4.98 Å². The zero-order valence-electron chi connectivity index (χ0n) is 12.9. The molecule has 1 N–H and O–H groups in total. The fourth-order valence-electron chi connectivity index (χ4n) is 2.79. The summed E-state index contributed by atoms with van der Waals surface area (Å²) in [5.41, 5.74) is 0.474. The topological polar surface area (TPSA) is 41.1 Å². The van der Waals surface area contributed by atoms with Crippen molar-refractivity contribution < 1.29 is 0 Å². The zero-order valence-corrected chi connectivity index (χ0v) is 13.7. The van der Waals surface area contributed by atoms with Crippen LogP contribution in [0.1, 0.15) is 46.5 Å². The maximum atomic E-state index is 6.27. The number of halogens is 1. The standard InChI is InChI=1S/C15H25ClN4/c1-5-17-14-18-10-12(16)13(19-14)20(4)11-6-8-15(2,3)9-7-11/h10-11H,5-9H2,1-4H3,(H,17,18,19). The summed E-state index contributed by atoms with van der Waals surface area (Å²) >= 11 is 6.27. The van der Waals surface area contributed by atoms with Crippen LogP contribution in [0.15, 0.2) is 6.20 Å². The highest BCUT2D eigenvalue weighted by Crippen LogP contribution is 2.38. The SMILES string of the molecule is CCNc1ncc(Cl)c(N(C)C2CCC(C)(C)CC2)n1. The van der Waals surface area contributed by atoms with Gasteiger partial charge in [-0.15, -0.1) is 0 Å². The second-order valence-electron chi connectivity index (χ2n) is 6.40. The van der Waals surface area contributed by atoms with Crippen LogP contribution in [-0.4, -0.2) is 29.6 Å². The highest BCUT2D eigenvalue weighted by atomic mass is 35.5. The quantitative estimate of drug-likeness (QED) is 0.913. The lowest BCUT2D eigenvalue weighted by atomic mass is 9.75. The lowest BCUT2D eigenvalue weighted by Gasteiger charge is -2.39. The molecule has 0 saturated heterocycles. The fourth-order valence-corrected chi connectivity index (χ4v) is 3.02. The largest absolute Gasteiger partial charge is 0.355 e. The first-order valence-corrected chi connectivity index (χ1v) is 7.80. The first kappa shape index (κ1) is 15.4. The molecule has 0 atom stereocenters. The molecule has 5 heteroatoms. The fraction of sp³-hybridized carbons (Fsp3) is 0.733. The van der Waals surface area contributed by atoms with Gasteiger partial charge in [0.1, 0.15) is 5.02 Å². The summed E-state index contributed by atoms with van der Waals surface area (Å²) in [6.07, 6.45) is 6.58.